The number of anilines is 1. The SMILES string of the molecule is COc1ccc(CN2c3ccc(F)cc3C(=O)CC23CCNCC3)cc1. The molecule has 0 unspecified atom stereocenters. The number of Topliss-reactive ketones (excluding diaryl/α,β-unsaturated/α-hetero) is 1. The molecule has 1 saturated heterocycles. The second-order valence-corrected chi connectivity index (χ2v) is 7.17. The lowest BCUT2D eigenvalue weighted by Gasteiger charge is -2.51. The Hall–Kier alpha value is -2.40. The minimum atomic E-state index is -0.359. The van der Waals surface area contributed by atoms with Crippen molar-refractivity contribution in [3.8, 4) is 5.75 Å². The minimum Gasteiger partial charge on any atom is -0.497 e. The van der Waals surface area contributed by atoms with Gasteiger partial charge in [0.15, 0.2) is 5.78 Å². The van der Waals surface area contributed by atoms with Crippen LogP contribution >= 0.6 is 0 Å². The predicted octanol–water partition coefficient (Wildman–Crippen LogP) is 3.55. The van der Waals surface area contributed by atoms with Crippen molar-refractivity contribution < 1.29 is 13.9 Å². The van der Waals surface area contributed by atoms with E-state index in [9.17, 15) is 9.18 Å². The molecule has 0 saturated carbocycles. The fourth-order valence-corrected chi connectivity index (χ4v) is 4.22. The second kappa shape index (κ2) is 6.72. The van der Waals surface area contributed by atoms with Crippen LogP contribution in [-0.2, 0) is 6.54 Å². The smallest absolute Gasteiger partial charge is 0.167 e. The third kappa shape index (κ3) is 2.97. The first-order chi connectivity index (χ1) is 12.6. The van der Waals surface area contributed by atoms with Crippen LogP contribution in [0.2, 0.25) is 0 Å². The first-order valence-corrected chi connectivity index (χ1v) is 9.05. The van der Waals surface area contributed by atoms with Crippen molar-refractivity contribution in [1.29, 1.82) is 0 Å². The largest absolute Gasteiger partial charge is 0.497 e. The van der Waals surface area contributed by atoms with Crippen molar-refractivity contribution >= 4 is 11.5 Å². The molecule has 1 N–H and O–H groups in total. The zero-order valence-electron chi connectivity index (χ0n) is 14.9. The highest BCUT2D eigenvalue weighted by Gasteiger charge is 2.44. The molecular formula is C21H23FN2O2. The van der Waals surface area contributed by atoms with Gasteiger partial charge in [-0.15, -0.1) is 0 Å². The number of ether oxygens (including phenoxy) is 1. The van der Waals surface area contributed by atoms with E-state index in [1.54, 1.807) is 13.2 Å². The first-order valence-electron chi connectivity index (χ1n) is 9.05. The molecule has 136 valence electrons. The zero-order valence-corrected chi connectivity index (χ0v) is 14.9. The van der Waals surface area contributed by atoms with Crippen LogP contribution in [-0.4, -0.2) is 31.5 Å². The van der Waals surface area contributed by atoms with E-state index in [2.05, 4.69) is 10.2 Å². The monoisotopic (exact) mass is 354 g/mol. The molecule has 0 amide bonds. The third-order valence-corrected chi connectivity index (χ3v) is 5.65. The summed E-state index contributed by atoms with van der Waals surface area (Å²) in [5, 5.41) is 3.39. The Morgan fingerprint density at radius 1 is 1.15 bits per heavy atom. The molecule has 2 aromatic rings. The van der Waals surface area contributed by atoms with Crippen LogP contribution in [0.5, 0.6) is 5.75 Å². The van der Waals surface area contributed by atoms with Crippen LogP contribution in [0.1, 0.15) is 35.2 Å². The number of nitrogens with one attached hydrogen (secondary N) is 1. The summed E-state index contributed by atoms with van der Waals surface area (Å²) in [6, 6.07) is 12.6. The van der Waals surface area contributed by atoms with Gasteiger partial charge in [-0.05, 0) is 61.8 Å². The van der Waals surface area contributed by atoms with Crippen LogP contribution in [0, 0.1) is 5.82 Å². The maximum absolute atomic E-state index is 13.7. The fraction of sp³-hybridized carbons (Fsp3) is 0.381. The van der Waals surface area contributed by atoms with Crippen LogP contribution in [0.25, 0.3) is 0 Å². The van der Waals surface area contributed by atoms with Gasteiger partial charge < -0.3 is 15.0 Å². The topological polar surface area (TPSA) is 41.6 Å². The van der Waals surface area contributed by atoms with Crippen molar-refractivity contribution in [3.63, 3.8) is 0 Å². The molecule has 0 radical (unpaired) electrons. The number of methoxy groups -OCH3 is 1. The molecule has 0 aliphatic carbocycles. The van der Waals surface area contributed by atoms with Crippen molar-refractivity contribution in [1.82, 2.24) is 5.32 Å². The second-order valence-electron chi connectivity index (χ2n) is 7.17. The number of carbonyl (C=O) groups is 1. The number of hydrogen-bond acceptors (Lipinski definition) is 4. The highest BCUT2D eigenvalue weighted by Crippen LogP contribution is 2.43. The molecule has 5 heteroatoms. The maximum Gasteiger partial charge on any atom is 0.167 e. The molecule has 0 aromatic heterocycles. The van der Waals surface area contributed by atoms with Gasteiger partial charge in [0.05, 0.1) is 12.6 Å². The molecule has 26 heavy (non-hydrogen) atoms. The quantitative estimate of drug-likeness (QED) is 0.915. The molecular weight excluding hydrogens is 331 g/mol. The molecule has 1 fully saturated rings. The van der Waals surface area contributed by atoms with E-state index in [0.29, 0.717) is 18.5 Å². The van der Waals surface area contributed by atoms with E-state index in [4.69, 9.17) is 4.74 Å². The van der Waals surface area contributed by atoms with Crippen LogP contribution in [0.4, 0.5) is 10.1 Å². The van der Waals surface area contributed by atoms with E-state index in [1.165, 1.54) is 12.1 Å². The minimum absolute atomic E-state index is 0.0485. The van der Waals surface area contributed by atoms with Crippen LogP contribution in [0.15, 0.2) is 42.5 Å². The molecule has 0 atom stereocenters. The average Bonchev–Trinajstić information content (AvgIpc) is 2.66. The fourth-order valence-electron chi connectivity index (χ4n) is 4.22. The van der Waals surface area contributed by atoms with Gasteiger partial charge >= 0.3 is 0 Å². The van der Waals surface area contributed by atoms with Gasteiger partial charge in [-0.3, -0.25) is 4.79 Å². The number of rotatable bonds is 3. The van der Waals surface area contributed by atoms with E-state index < -0.39 is 0 Å². The summed E-state index contributed by atoms with van der Waals surface area (Å²) < 4.78 is 19.0. The van der Waals surface area contributed by atoms with Crippen LogP contribution in [0.3, 0.4) is 0 Å². The summed E-state index contributed by atoms with van der Waals surface area (Å²) in [7, 11) is 1.65. The van der Waals surface area contributed by atoms with Crippen molar-refractivity contribution in [2.75, 3.05) is 25.1 Å². The Bertz CT molecular complexity index is 813. The Kier molecular flexibility index (Phi) is 4.41. The lowest BCUT2D eigenvalue weighted by atomic mass is 9.76. The molecule has 4 nitrogen and oxygen atoms in total. The number of nitrogens with zero attached hydrogens (tertiary/aromatic N) is 1. The highest BCUT2D eigenvalue weighted by molar-refractivity contribution is 6.04. The van der Waals surface area contributed by atoms with E-state index in [1.807, 2.05) is 24.3 Å². The number of ketones is 1. The lowest BCUT2D eigenvalue weighted by Crippen LogP contribution is -2.58. The number of fused-ring (bicyclic) bond motifs is 1. The zero-order chi connectivity index (χ0) is 18.1. The van der Waals surface area contributed by atoms with E-state index in [0.717, 1.165) is 42.9 Å². The van der Waals surface area contributed by atoms with Gasteiger partial charge in [0.1, 0.15) is 11.6 Å². The molecule has 1 spiro atoms. The van der Waals surface area contributed by atoms with E-state index >= 15 is 0 Å². The summed E-state index contributed by atoms with van der Waals surface area (Å²) in [5.41, 5.74) is 2.30. The van der Waals surface area contributed by atoms with Gasteiger partial charge in [0.2, 0.25) is 0 Å². The summed E-state index contributed by atoms with van der Waals surface area (Å²) in [4.78, 5) is 15.1. The van der Waals surface area contributed by atoms with Gasteiger partial charge in [-0.2, -0.15) is 0 Å². The third-order valence-electron chi connectivity index (χ3n) is 5.65. The summed E-state index contributed by atoms with van der Waals surface area (Å²) in [5.74, 6) is 0.511. The molecule has 2 aliphatic rings. The number of halogens is 1. The molecule has 0 bridgehead atoms. The summed E-state index contributed by atoms with van der Waals surface area (Å²) >= 11 is 0. The Labute approximate surface area is 153 Å². The Balaban J connectivity index is 1.75. The Morgan fingerprint density at radius 3 is 2.58 bits per heavy atom. The van der Waals surface area contributed by atoms with Gasteiger partial charge in [0.25, 0.3) is 0 Å². The van der Waals surface area contributed by atoms with Gasteiger partial charge in [-0.1, -0.05) is 12.1 Å². The number of piperidine rings is 1. The van der Waals surface area contributed by atoms with Gasteiger partial charge in [-0.25, -0.2) is 4.39 Å². The van der Waals surface area contributed by atoms with Gasteiger partial charge in [0, 0.05) is 24.2 Å². The Morgan fingerprint density at radius 2 is 1.88 bits per heavy atom. The number of benzene rings is 2. The molecule has 4 rings (SSSR count). The van der Waals surface area contributed by atoms with Crippen LogP contribution < -0.4 is 15.0 Å². The summed E-state index contributed by atoms with van der Waals surface area (Å²) in [6.45, 7) is 2.47. The highest BCUT2D eigenvalue weighted by atomic mass is 19.1. The number of hydrogen-bond donors (Lipinski definition) is 1. The van der Waals surface area contributed by atoms with Crippen molar-refractivity contribution in [3.05, 3.63) is 59.4 Å². The van der Waals surface area contributed by atoms with E-state index in [-0.39, 0.29) is 17.1 Å². The average molecular weight is 354 g/mol. The maximum atomic E-state index is 13.7. The normalized spacial score (nSPS) is 18.7. The molecule has 2 aliphatic heterocycles. The first kappa shape index (κ1) is 17.0. The lowest BCUT2D eigenvalue weighted by molar-refractivity contribution is 0.0916. The standard InChI is InChI=1S/C21H23FN2O2/c1-26-17-5-2-15(3-6-17)14-24-19-7-4-16(22)12-18(19)20(25)13-21(24)8-10-23-11-9-21/h2-7,12,23H,8-11,13-14H2,1H3. The van der Waals surface area contributed by atoms with Crippen molar-refractivity contribution in [2.45, 2.75) is 31.3 Å². The summed E-state index contributed by atoms with van der Waals surface area (Å²) in [6.07, 6.45) is 2.26. The molecule has 2 heterocycles. The predicted molar refractivity (Wildman–Crippen MR) is 99.4 cm³/mol. The number of carbonyl (C=O) groups excluding carboxylic acids is 1. The van der Waals surface area contributed by atoms with Crippen molar-refractivity contribution in [2.24, 2.45) is 0 Å². The molecule has 2 aromatic carbocycles.